The number of hydrogen-bond donors (Lipinski definition) is 2. The molecule has 0 bridgehead atoms. The van der Waals surface area contributed by atoms with Crippen molar-refractivity contribution in [2.75, 3.05) is 4.90 Å². The number of carbonyl (C=O) groups excluding carboxylic acids is 1. The summed E-state index contributed by atoms with van der Waals surface area (Å²) >= 11 is 13.5. The lowest BCUT2D eigenvalue weighted by atomic mass is 9.90. The highest BCUT2D eigenvalue weighted by atomic mass is 35.5. The van der Waals surface area contributed by atoms with E-state index >= 15 is 0 Å². The van der Waals surface area contributed by atoms with E-state index in [-0.39, 0.29) is 32.8 Å². The molecular formula is C22H25Cl2NO4S. The van der Waals surface area contributed by atoms with Gasteiger partial charge >= 0.3 is 5.97 Å². The van der Waals surface area contributed by atoms with Gasteiger partial charge in [0.2, 0.25) is 0 Å². The molecule has 0 unspecified atom stereocenters. The second-order valence-electron chi connectivity index (χ2n) is 8.64. The van der Waals surface area contributed by atoms with Gasteiger partial charge in [-0.05, 0) is 55.4 Å². The average Bonchev–Trinajstić information content (AvgIpc) is 3.09. The number of anilines is 1. The zero-order valence-electron chi connectivity index (χ0n) is 17.1. The molecule has 2 aromatic rings. The Morgan fingerprint density at radius 1 is 1.10 bits per heavy atom. The van der Waals surface area contributed by atoms with Crippen molar-refractivity contribution in [2.45, 2.75) is 64.0 Å². The largest absolute Gasteiger partial charge is 0.477 e. The van der Waals surface area contributed by atoms with Gasteiger partial charge in [-0.25, -0.2) is 4.79 Å². The Labute approximate surface area is 190 Å². The molecule has 0 radical (unpaired) electrons. The van der Waals surface area contributed by atoms with E-state index < -0.39 is 12.1 Å². The fraction of sp³-hybridized carbons (Fsp3) is 0.455. The Bertz CT molecular complexity index is 959. The van der Waals surface area contributed by atoms with E-state index in [1.807, 2.05) is 20.8 Å². The first-order valence-electron chi connectivity index (χ1n) is 9.83. The monoisotopic (exact) mass is 469 g/mol. The van der Waals surface area contributed by atoms with Gasteiger partial charge in [-0.2, -0.15) is 0 Å². The van der Waals surface area contributed by atoms with Crippen LogP contribution in [0.4, 0.5) is 5.69 Å². The van der Waals surface area contributed by atoms with Gasteiger partial charge in [-0.3, -0.25) is 4.79 Å². The Morgan fingerprint density at radius 2 is 1.73 bits per heavy atom. The van der Waals surface area contributed by atoms with Gasteiger partial charge in [0, 0.05) is 15.9 Å². The summed E-state index contributed by atoms with van der Waals surface area (Å²) in [6.45, 7) is 6.02. The number of aliphatic hydroxyl groups is 1. The Morgan fingerprint density at radius 3 is 2.27 bits per heavy atom. The van der Waals surface area contributed by atoms with Crippen LogP contribution in [-0.2, 0) is 5.41 Å². The van der Waals surface area contributed by atoms with E-state index in [2.05, 4.69) is 0 Å². The molecule has 162 valence electrons. The number of amides is 1. The van der Waals surface area contributed by atoms with Crippen molar-refractivity contribution in [3.8, 4) is 0 Å². The molecule has 5 nitrogen and oxygen atoms in total. The SMILES string of the molecule is CC(C)(C)c1cc(N(C(=O)c2ccc(Cl)cc2Cl)C2CCC(O)CC2)c(C(=O)O)s1. The normalized spacial score (nSPS) is 19.5. The highest BCUT2D eigenvalue weighted by Gasteiger charge is 2.35. The van der Waals surface area contributed by atoms with Gasteiger partial charge in [0.05, 0.1) is 22.4 Å². The summed E-state index contributed by atoms with van der Waals surface area (Å²) in [5, 5.41) is 20.4. The van der Waals surface area contributed by atoms with Crippen LogP contribution in [0.5, 0.6) is 0 Å². The van der Waals surface area contributed by atoms with E-state index in [1.165, 1.54) is 17.4 Å². The molecule has 1 fully saturated rings. The molecule has 1 aromatic heterocycles. The number of aliphatic hydroxyl groups excluding tert-OH is 1. The molecule has 1 aliphatic rings. The van der Waals surface area contributed by atoms with Crippen LogP contribution < -0.4 is 4.90 Å². The van der Waals surface area contributed by atoms with Gasteiger partial charge in [0.15, 0.2) is 0 Å². The van der Waals surface area contributed by atoms with Crippen LogP contribution in [0, 0.1) is 0 Å². The summed E-state index contributed by atoms with van der Waals surface area (Å²) in [6, 6.07) is 6.24. The maximum Gasteiger partial charge on any atom is 0.348 e. The summed E-state index contributed by atoms with van der Waals surface area (Å²) in [7, 11) is 0. The van der Waals surface area contributed by atoms with Crippen molar-refractivity contribution in [3.63, 3.8) is 0 Å². The van der Waals surface area contributed by atoms with Crippen molar-refractivity contribution in [1.29, 1.82) is 0 Å². The lowest BCUT2D eigenvalue weighted by molar-refractivity contribution is 0.0702. The van der Waals surface area contributed by atoms with Crippen LogP contribution in [0.25, 0.3) is 0 Å². The third kappa shape index (κ3) is 4.83. The number of aromatic carboxylic acids is 1. The first kappa shape index (κ1) is 23.1. The van der Waals surface area contributed by atoms with Crippen LogP contribution in [0.1, 0.15) is 71.4 Å². The van der Waals surface area contributed by atoms with E-state index in [9.17, 15) is 19.8 Å². The molecule has 1 amide bonds. The number of carboxylic acid groups (broad SMARTS) is 1. The quantitative estimate of drug-likeness (QED) is 0.575. The van der Waals surface area contributed by atoms with Gasteiger partial charge in [-0.15, -0.1) is 11.3 Å². The van der Waals surface area contributed by atoms with Crippen molar-refractivity contribution in [3.05, 3.63) is 49.6 Å². The molecule has 1 saturated carbocycles. The van der Waals surface area contributed by atoms with Crippen molar-refractivity contribution < 1.29 is 19.8 Å². The van der Waals surface area contributed by atoms with E-state index in [4.69, 9.17) is 23.2 Å². The Balaban J connectivity index is 2.14. The Kier molecular flexibility index (Phi) is 6.82. The molecule has 0 atom stereocenters. The number of thiophene rings is 1. The van der Waals surface area contributed by atoms with Crippen molar-refractivity contribution in [2.24, 2.45) is 0 Å². The Hall–Kier alpha value is -1.60. The molecular weight excluding hydrogens is 445 g/mol. The minimum atomic E-state index is -1.07. The molecule has 0 aliphatic heterocycles. The summed E-state index contributed by atoms with van der Waals surface area (Å²) < 4.78 is 0. The molecule has 0 saturated heterocycles. The van der Waals surface area contributed by atoms with Gasteiger partial charge < -0.3 is 15.1 Å². The zero-order valence-corrected chi connectivity index (χ0v) is 19.4. The lowest BCUT2D eigenvalue weighted by Crippen LogP contribution is -2.44. The summed E-state index contributed by atoms with van der Waals surface area (Å²) in [5.74, 6) is -1.43. The molecule has 3 rings (SSSR count). The van der Waals surface area contributed by atoms with Crippen LogP contribution in [-0.4, -0.2) is 34.2 Å². The summed E-state index contributed by atoms with van der Waals surface area (Å²) in [4.78, 5) is 28.3. The smallest absolute Gasteiger partial charge is 0.348 e. The highest BCUT2D eigenvalue weighted by Crippen LogP contribution is 2.41. The van der Waals surface area contributed by atoms with Crippen molar-refractivity contribution >= 4 is 52.1 Å². The molecule has 1 aromatic carbocycles. The first-order valence-corrected chi connectivity index (χ1v) is 11.4. The molecule has 0 spiro atoms. The molecule has 8 heteroatoms. The third-order valence-electron chi connectivity index (χ3n) is 5.32. The fourth-order valence-corrected chi connectivity index (χ4v) is 5.20. The highest BCUT2D eigenvalue weighted by molar-refractivity contribution is 7.14. The predicted molar refractivity (Wildman–Crippen MR) is 122 cm³/mol. The minimum Gasteiger partial charge on any atom is -0.477 e. The van der Waals surface area contributed by atoms with Gasteiger partial charge in [0.1, 0.15) is 4.88 Å². The minimum absolute atomic E-state index is 0.129. The standard InChI is InChI=1S/C22H25Cl2NO4S/c1-22(2,3)18-11-17(19(30-18)21(28)29)25(13-5-7-14(26)8-6-13)20(27)15-9-4-12(23)10-16(15)24/h4,9-11,13-14,26H,5-8H2,1-3H3,(H,28,29). The second kappa shape index (κ2) is 8.87. The molecule has 1 aliphatic carbocycles. The lowest BCUT2D eigenvalue weighted by Gasteiger charge is -2.36. The maximum atomic E-state index is 13.6. The van der Waals surface area contributed by atoms with Crippen LogP contribution in [0.3, 0.4) is 0 Å². The number of halogens is 2. The summed E-state index contributed by atoms with van der Waals surface area (Å²) in [6.07, 6.45) is 1.88. The van der Waals surface area contributed by atoms with E-state index in [0.717, 1.165) is 4.88 Å². The van der Waals surface area contributed by atoms with Gasteiger partial charge in [0.25, 0.3) is 5.91 Å². The van der Waals surface area contributed by atoms with Crippen LogP contribution in [0.2, 0.25) is 10.0 Å². The van der Waals surface area contributed by atoms with Crippen LogP contribution >= 0.6 is 34.5 Å². The number of nitrogens with zero attached hydrogens (tertiary/aromatic N) is 1. The molecule has 2 N–H and O–H groups in total. The number of carboxylic acids is 1. The zero-order chi connectivity index (χ0) is 22.2. The predicted octanol–water partition coefficient (Wildman–Crippen LogP) is 6.00. The summed E-state index contributed by atoms with van der Waals surface area (Å²) in [5.41, 5.74) is 0.393. The van der Waals surface area contributed by atoms with Crippen LogP contribution in [0.15, 0.2) is 24.3 Å². The average molecular weight is 470 g/mol. The second-order valence-corrected chi connectivity index (χ2v) is 10.5. The van der Waals surface area contributed by atoms with Crippen molar-refractivity contribution in [1.82, 2.24) is 0 Å². The fourth-order valence-electron chi connectivity index (χ4n) is 3.66. The van der Waals surface area contributed by atoms with E-state index in [0.29, 0.717) is 36.4 Å². The molecule has 30 heavy (non-hydrogen) atoms. The number of hydrogen-bond acceptors (Lipinski definition) is 4. The number of benzene rings is 1. The third-order valence-corrected chi connectivity index (χ3v) is 7.40. The van der Waals surface area contributed by atoms with E-state index in [1.54, 1.807) is 23.1 Å². The topological polar surface area (TPSA) is 77.8 Å². The maximum absolute atomic E-state index is 13.6. The van der Waals surface area contributed by atoms with Gasteiger partial charge in [-0.1, -0.05) is 44.0 Å². The number of carbonyl (C=O) groups is 2. The molecule has 1 heterocycles. The first-order chi connectivity index (χ1) is 14.0. The number of rotatable bonds is 4.